The molecule has 0 atom stereocenters. The van der Waals surface area contributed by atoms with Crippen molar-refractivity contribution in [1.29, 1.82) is 0 Å². The Kier molecular flexibility index (Phi) is 7.78. The molecule has 33 heavy (non-hydrogen) atoms. The maximum atomic E-state index is 12.3. The highest BCUT2D eigenvalue weighted by Crippen LogP contribution is 2.27. The van der Waals surface area contributed by atoms with Gasteiger partial charge in [0.1, 0.15) is 17.4 Å². The highest BCUT2D eigenvalue weighted by molar-refractivity contribution is 5.95. The van der Waals surface area contributed by atoms with Gasteiger partial charge in [-0.25, -0.2) is 18.7 Å². The molecule has 0 aliphatic carbocycles. The number of anilines is 2. The highest BCUT2D eigenvalue weighted by atomic mass is 19.3. The molecule has 2 aromatic rings. The Bertz CT molecular complexity index is 942. The van der Waals surface area contributed by atoms with Crippen LogP contribution in [-0.2, 0) is 9.59 Å². The Morgan fingerprint density at radius 3 is 2.48 bits per heavy atom. The largest absolute Gasteiger partial charge is 0.506 e. The molecule has 1 N–H and O–H groups in total. The molecule has 0 saturated carbocycles. The standard InChI is InChI=1S/C15H19N3O2.C8H9F2NO2/c1-2-13(19)11-9-17(10-11)14-6-5-12(8-16-14)18-7-3-4-15(18)20;1-8(9,10)5-13-7-3-2-6(12)4-11-7/h5-6,8,11H,2-4,7,9-10H2,1H3;2-4,12H,5H2,1H3. The zero-order valence-corrected chi connectivity index (χ0v) is 18.7. The van der Waals surface area contributed by atoms with Gasteiger partial charge in [0.2, 0.25) is 11.8 Å². The van der Waals surface area contributed by atoms with Crippen LogP contribution in [0.5, 0.6) is 11.6 Å². The number of pyridine rings is 2. The van der Waals surface area contributed by atoms with E-state index in [4.69, 9.17) is 5.11 Å². The first-order valence-electron chi connectivity index (χ1n) is 10.9. The molecule has 10 heteroatoms. The summed E-state index contributed by atoms with van der Waals surface area (Å²) in [5, 5.41) is 8.82. The van der Waals surface area contributed by atoms with Crippen molar-refractivity contribution in [3.63, 3.8) is 0 Å². The lowest BCUT2D eigenvalue weighted by Crippen LogP contribution is -2.50. The SMILES string of the molecule is CC(F)(F)COc1ccc(O)cn1.CCC(=O)C1CN(c2ccc(N3CCCC3=O)cn2)C1. The number of amides is 1. The van der Waals surface area contributed by atoms with Gasteiger partial charge in [-0.15, -0.1) is 0 Å². The van der Waals surface area contributed by atoms with E-state index in [2.05, 4.69) is 19.6 Å². The van der Waals surface area contributed by atoms with Gasteiger partial charge in [0.15, 0.2) is 6.61 Å². The molecular weight excluding hydrogens is 434 g/mol. The van der Waals surface area contributed by atoms with E-state index in [1.165, 1.54) is 12.1 Å². The van der Waals surface area contributed by atoms with E-state index in [-0.39, 0.29) is 23.5 Å². The number of carbonyl (C=O) groups is 2. The van der Waals surface area contributed by atoms with Crippen molar-refractivity contribution in [2.75, 3.05) is 36.0 Å². The molecule has 8 nitrogen and oxygen atoms in total. The number of rotatable bonds is 7. The molecule has 2 fully saturated rings. The van der Waals surface area contributed by atoms with Crippen LogP contribution in [0, 0.1) is 5.92 Å². The molecule has 0 aromatic carbocycles. The summed E-state index contributed by atoms with van der Waals surface area (Å²) in [5.74, 6) is -1.27. The van der Waals surface area contributed by atoms with Crippen LogP contribution in [0.2, 0.25) is 0 Å². The van der Waals surface area contributed by atoms with Crippen LogP contribution >= 0.6 is 0 Å². The van der Waals surface area contributed by atoms with E-state index in [1.807, 2.05) is 19.1 Å². The van der Waals surface area contributed by atoms with Gasteiger partial charge in [-0.2, -0.15) is 0 Å². The van der Waals surface area contributed by atoms with E-state index >= 15 is 0 Å². The topological polar surface area (TPSA) is 95.9 Å². The van der Waals surface area contributed by atoms with E-state index in [9.17, 15) is 18.4 Å². The number of ketones is 1. The fourth-order valence-electron chi connectivity index (χ4n) is 3.46. The first-order chi connectivity index (χ1) is 15.7. The second-order valence-electron chi connectivity index (χ2n) is 8.16. The predicted molar refractivity (Wildman–Crippen MR) is 119 cm³/mol. The highest BCUT2D eigenvalue weighted by Gasteiger charge is 2.32. The number of Topliss-reactive ketones (excluding diaryl/α,β-unsaturated/α-hetero) is 1. The van der Waals surface area contributed by atoms with Crippen molar-refractivity contribution in [3.05, 3.63) is 36.7 Å². The van der Waals surface area contributed by atoms with Gasteiger partial charge in [0.05, 0.1) is 24.0 Å². The van der Waals surface area contributed by atoms with Gasteiger partial charge in [0, 0.05) is 45.5 Å². The zero-order chi connectivity index (χ0) is 24.0. The number of aromatic hydroxyl groups is 1. The molecule has 178 valence electrons. The molecule has 2 saturated heterocycles. The second kappa shape index (κ2) is 10.5. The van der Waals surface area contributed by atoms with Crippen molar-refractivity contribution in [3.8, 4) is 11.6 Å². The number of aromatic nitrogens is 2. The lowest BCUT2D eigenvalue weighted by Gasteiger charge is -2.39. The van der Waals surface area contributed by atoms with Crippen molar-refractivity contribution >= 4 is 23.2 Å². The summed E-state index contributed by atoms with van der Waals surface area (Å²) in [7, 11) is 0. The van der Waals surface area contributed by atoms with Crippen molar-refractivity contribution in [2.45, 2.75) is 39.0 Å². The first kappa shape index (κ1) is 24.3. The quantitative estimate of drug-likeness (QED) is 0.673. The molecule has 0 unspecified atom stereocenters. The first-order valence-corrected chi connectivity index (χ1v) is 10.9. The van der Waals surface area contributed by atoms with Gasteiger partial charge in [0.25, 0.3) is 5.92 Å². The minimum atomic E-state index is -2.88. The van der Waals surface area contributed by atoms with Crippen molar-refractivity contribution in [1.82, 2.24) is 9.97 Å². The maximum absolute atomic E-state index is 12.3. The predicted octanol–water partition coefficient (Wildman–Crippen LogP) is 3.44. The molecule has 0 bridgehead atoms. The van der Waals surface area contributed by atoms with Crippen LogP contribution in [0.4, 0.5) is 20.3 Å². The molecule has 2 aliphatic rings. The lowest BCUT2D eigenvalue weighted by molar-refractivity contribution is -0.123. The van der Waals surface area contributed by atoms with Crippen LogP contribution in [-0.4, -0.2) is 58.9 Å². The van der Waals surface area contributed by atoms with Gasteiger partial charge in [-0.05, 0) is 24.6 Å². The van der Waals surface area contributed by atoms with E-state index < -0.39 is 12.5 Å². The van der Waals surface area contributed by atoms with Gasteiger partial charge < -0.3 is 19.6 Å². The number of halogens is 2. The molecule has 2 aromatic heterocycles. The van der Waals surface area contributed by atoms with E-state index in [0.717, 1.165) is 50.7 Å². The smallest absolute Gasteiger partial charge is 0.278 e. The summed E-state index contributed by atoms with van der Waals surface area (Å²) >= 11 is 0. The fourth-order valence-corrected chi connectivity index (χ4v) is 3.46. The summed E-state index contributed by atoms with van der Waals surface area (Å²) in [4.78, 5) is 35.1. The van der Waals surface area contributed by atoms with Crippen LogP contribution in [0.15, 0.2) is 36.7 Å². The number of nitrogens with zero attached hydrogens (tertiary/aromatic N) is 4. The summed E-state index contributed by atoms with van der Waals surface area (Å²) in [6.45, 7) is 4.27. The molecular formula is C23H28F2N4O4. The van der Waals surface area contributed by atoms with Crippen LogP contribution in [0.25, 0.3) is 0 Å². The third kappa shape index (κ3) is 6.84. The molecule has 0 spiro atoms. The minimum absolute atomic E-state index is 0.0318. The Labute approximate surface area is 191 Å². The van der Waals surface area contributed by atoms with Crippen LogP contribution in [0.3, 0.4) is 0 Å². The van der Waals surface area contributed by atoms with Gasteiger partial charge in [-0.1, -0.05) is 6.92 Å². The Hall–Kier alpha value is -3.30. The molecule has 0 radical (unpaired) electrons. The van der Waals surface area contributed by atoms with Crippen LogP contribution < -0.4 is 14.5 Å². The number of hydrogen-bond donors (Lipinski definition) is 1. The minimum Gasteiger partial charge on any atom is -0.506 e. The Balaban J connectivity index is 0.000000205. The van der Waals surface area contributed by atoms with E-state index in [1.54, 1.807) is 11.1 Å². The van der Waals surface area contributed by atoms with Gasteiger partial charge in [-0.3, -0.25) is 9.59 Å². The average Bonchev–Trinajstić information content (AvgIpc) is 3.18. The number of hydrogen-bond acceptors (Lipinski definition) is 7. The molecule has 4 rings (SSSR count). The lowest BCUT2D eigenvalue weighted by atomic mass is 9.94. The maximum Gasteiger partial charge on any atom is 0.278 e. The van der Waals surface area contributed by atoms with Crippen molar-refractivity contribution < 1.29 is 28.2 Å². The summed E-state index contributed by atoms with van der Waals surface area (Å²) in [6, 6.07) is 6.52. The van der Waals surface area contributed by atoms with Crippen molar-refractivity contribution in [2.24, 2.45) is 5.92 Å². The Morgan fingerprint density at radius 1 is 1.21 bits per heavy atom. The summed E-state index contributed by atoms with van der Waals surface area (Å²) < 4.78 is 29.2. The average molecular weight is 462 g/mol. The van der Waals surface area contributed by atoms with E-state index in [0.29, 0.717) is 18.6 Å². The third-order valence-electron chi connectivity index (χ3n) is 5.32. The number of carbonyl (C=O) groups excluding carboxylic acids is 2. The molecule has 1 amide bonds. The number of ether oxygens (including phenoxy) is 1. The fraction of sp³-hybridized carbons (Fsp3) is 0.478. The zero-order valence-electron chi connectivity index (χ0n) is 18.7. The monoisotopic (exact) mass is 462 g/mol. The summed E-state index contributed by atoms with van der Waals surface area (Å²) in [5.41, 5.74) is 0.873. The normalized spacial score (nSPS) is 16.2. The molecule has 4 heterocycles. The number of alkyl halides is 2. The second-order valence-corrected chi connectivity index (χ2v) is 8.16. The molecule has 2 aliphatic heterocycles. The Morgan fingerprint density at radius 2 is 1.97 bits per heavy atom. The summed E-state index contributed by atoms with van der Waals surface area (Å²) in [6.07, 6.45) is 5.06. The van der Waals surface area contributed by atoms with Crippen LogP contribution in [0.1, 0.15) is 33.1 Å². The third-order valence-corrected chi connectivity index (χ3v) is 5.32. The van der Waals surface area contributed by atoms with Gasteiger partial charge >= 0.3 is 0 Å².